The molecule has 0 spiro atoms. The van der Waals surface area contributed by atoms with E-state index in [0.29, 0.717) is 32.4 Å². The monoisotopic (exact) mass is 283 g/mol. The van der Waals surface area contributed by atoms with Gasteiger partial charge in [-0.1, -0.05) is 12.7 Å². The Balaban J connectivity index is 2.30. The second-order valence-corrected chi connectivity index (χ2v) is 4.56. The van der Waals surface area contributed by atoms with Crippen LogP contribution in [0.25, 0.3) is 0 Å². The lowest BCUT2D eigenvalue weighted by Crippen LogP contribution is -2.45. The van der Waals surface area contributed by atoms with Crippen LogP contribution in [-0.4, -0.2) is 48.5 Å². The fraction of sp³-hybridized carbons (Fsp3) is 0.615. The lowest BCUT2D eigenvalue weighted by atomic mass is 10.1. The Labute approximate surface area is 118 Å². The summed E-state index contributed by atoms with van der Waals surface area (Å²) < 4.78 is 4.74. The van der Waals surface area contributed by atoms with Crippen molar-refractivity contribution in [2.45, 2.75) is 31.7 Å². The van der Waals surface area contributed by atoms with Gasteiger partial charge in [0, 0.05) is 19.5 Å². The molecule has 0 aromatic carbocycles. The van der Waals surface area contributed by atoms with E-state index in [2.05, 4.69) is 11.9 Å². The Kier molecular flexibility index (Phi) is 6.55. The molecule has 1 aliphatic rings. The van der Waals surface area contributed by atoms with Gasteiger partial charge in [-0.15, -0.1) is 0 Å². The van der Waals surface area contributed by atoms with Crippen LogP contribution in [0.4, 0.5) is 4.79 Å². The van der Waals surface area contributed by atoms with Gasteiger partial charge in [-0.05, 0) is 19.3 Å². The van der Waals surface area contributed by atoms with Crippen LogP contribution in [0.2, 0.25) is 0 Å². The lowest BCUT2D eigenvalue weighted by Gasteiger charge is -2.25. The van der Waals surface area contributed by atoms with E-state index >= 15 is 0 Å². The predicted octanol–water partition coefficient (Wildman–Crippen LogP) is 0.155. The summed E-state index contributed by atoms with van der Waals surface area (Å²) in [6, 6.07) is -0.587. The number of hydrogen-bond donors (Lipinski definition) is 2. The molecule has 0 saturated carbocycles. The number of carbonyl (C=O) groups is 3. The topological polar surface area (TPSA) is 102 Å². The van der Waals surface area contributed by atoms with Crippen molar-refractivity contribution in [1.29, 1.82) is 0 Å². The first kappa shape index (κ1) is 16.0. The molecular formula is C13H21N3O4. The second-order valence-electron chi connectivity index (χ2n) is 4.56. The number of nitrogens with one attached hydrogen (secondary N) is 1. The van der Waals surface area contributed by atoms with Gasteiger partial charge in [-0.2, -0.15) is 0 Å². The van der Waals surface area contributed by atoms with Crippen molar-refractivity contribution in [2.24, 2.45) is 5.73 Å². The number of primary amides is 1. The number of amides is 3. The summed E-state index contributed by atoms with van der Waals surface area (Å²) >= 11 is 0. The normalized spacial score (nSPS) is 15.8. The van der Waals surface area contributed by atoms with Crippen molar-refractivity contribution < 1.29 is 19.1 Å². The predicted molar refractivity (Wildman–Crippen MR) is 72.7 cm³/mol. The van der Waals surface area contributed by atoms with Crippen molar-refractivity contribution in [3.8, 4) is 0 Å². The molecule has 0 aromatic heterocycles. The summed E-state index contributed by atoms with van der Waals surface area (Å²) in [6.07, 6.45) is 3.15. The smallest absolute Gasteiger partial charge is 0.407 e. The Hall–Kier alpha value is -2.05. The van der Waals surface area contributed by atoms with Gasteiger partial charge < -0.3 is 20.7 Å². The minimum atomic E-state index is -0.587. The van der Waals surface area contributed by atoms with Gasteiger partial charge in [0.15, 0.2) is 0 Å². The number of alkyl carbamates (subject to hydrolysis) is 1. The van der Waals surface area contributed by atoms with Gasteiger partial charge in [-0.3, -0.25) is 9.59 Å². The third-order valence-corrected chi connectivity index (χ3v) is 3.07. The van der Waals surface area contributed by atoms with E-state index in [0.717, 1.165) is 6.42 Å². The van der Waals surface area contributed by atoms with Crippen LogP contribution >= 0.6 is 0 Å². The minimum absolute atomic E-state index is 0.0350. The molecule has 1 aliphatic heterocycles. The quantitative estimate of drug-likeness (QED) is 0.489. The molecule has 7 heteroatoms. The molecule has 7 nitrogen and oxygen atoms in total. The number of likely N-dealkylation sites (tertiary alicyclic amines) is 1. The van der Waals surface area contributed by atoms with Gasteiger partial charge >= 0.3 is 6.09 Å². The standard InChI is InChI=1S/C13H21N3O4/c1-2-9-20-13(19)15-7-3-5-10(12(14)18)16-8-4-6-11(16)17/h2,10H,1,3-9H2,(H2,14,18)(H,15,19)/t10-/m1/s1. The summed E-state index contributed by atoms with van der Waals surface area (Å²) in [7, 11) is 0. The molecule has 0 radical (unpaired) electrons. The number of nitrogens with zero attached hydrogens (tertiary/aromatic N) is 1. The molecule has 1 heterocycles. The molecular weight excluding hydrogens is 262 g/mol. The molecule has 0 aliphatic carbocycles. The maximum Gasteiger partial charge on any atom is 0.407 e. The maximum atomic E-state index is 11.6. The van der Waals surface area contributed by atoms with E-state index in [4.69, 9.17) is 10.5 Å². The number of hydrogen-bond acceptors (Lipinski definition) is 4. The molecule has 0 unspecified atom stereocenters. The summed E-state index contributed by atoms with van der Waals surface area (Å²) in [4.78, 5) is 35.7. The van der Waals surface area contributed by atoms with Gasteiger partial charge in [-0.25, -0.2) is 4.79 Å². The molecule has 1 fully saturated rings. The van der Waals surface area contributed by atoms with Crippen molar-refractivity contribution >= 4 is 17.9 Å². The van der Waals surface area contributed by atoms with Gasteiger partial charge in [0.25, 0.3) is 0 Å². The number of ether oxygens (including phenoxy) is 1. The minimum Gasteiger partial charge on any atom is -0.445 e. The van der Waals surface area contributed by atoms with Crippen molar-refractivity contribution in [1.82, 2.24) is 10.2 Å². The fourth-order valence-corrected chi connectivity index (χ4v) is 2.12. The molecule has 20 heavy (non-hydrogen) atoms. The first-order valence-electron chi connectivity index (χ1n) is 6.66. The highest BCUT2D eigenvalue weighted by Crippen LogP contribution is 2.16. The molecule has 3 N–H and O–H groups in total. The van der Waals surface area contributed by atoms with E-state index in [9.17, 15) is 14.4 Å². The van der Waals surface area contributed by atoms with Gasteiger partial charge in [0.1, 0.15) is 12.6 Å². The summed E-state index contributed by atoms with van der Waals surface area (Å²) in [5, 5.41) is 2.55. The maximum absolute atomic E-state index is 11.6. The van der Waals surface area contributed by atoms with Crippen LogP contribution in [-0.2, 0) is 14.3 Å². The molecule has 1 saturated heterocycles. The zero-order valence-corrected chi connectivity index (χ0v) is 11.5. The fourth-order valence-electron chi connectivity index (χ4n) is 2.12. The molecule has 3 amide bonds. The summed E-state index contributed by atoms with van der Waals surface area (Å²) in [6.45, 7) is 4.51. The number of nitrogens with two attached hydrogens (primary N) is 1. The number of rotatable bonds is 8. The Morgan fingerprint density at radius 3 is 2.85 bits per heavy atom. The van der Waals surface area contributed by atoms with Gasteiger partial charge in [0.2, 0.25) is 11.8 Å². The molecule has 0 bridgehead atoms. The SMILES string of the molecule is C=CCOC(=O)NCCC[C@H](C(N)=O)N1CCCC1=O. The first-order valence-corrected chi connectivity index (χ1v) is 6.66. The zero-order chi connectivity index (χ0) is 15.0. The second kappa shape index (κ2) is 8.19. The first-order chi connectivity index (χ1) is 9.56. The van der Waals surface area contributed by atoms with Crippen LogP contribution in [0.5, 0.6) is 0 Å². The third kappa shape index (κ3) is 4.91. The highest BCUT2D eigenvalue weighted by molar-refractivity contribution is 5.87. The van der Waals surface area contributed by atoms with Crippen LogP contribution in [0.1, 0.15) is 25.7 Å². The van der Waals surface area contributed by atoms with Crippen molar-refractivity contribution in [2.75, 3.05) is 19.7 Å². The Bertz CT molecular complexity index is 384. The van der Waals surface area contributed by atoms with E-state index < -0.39 is 18.0 Å². The van der Waals surface area contributed by atoms with E-state index in [1.54, 1.807) is 0 Å². The lowest BCUT2D eigenvalue weighted by molar-refractivity contribution is -0.136. The summed E-state index contributed by atoms with van der Waals surface area (Å²) in [5.41, 5.74) is 5.33. The molecule has 1 atom stereocenters. The number of carbonyl (C=O) groups excluding carboxylic acids is 3. The van der Waals surface area contributed by atoms with Crippen LogP contribution in [0, 0.1) is 0 Å². The van der Waals surface area contributed by atoms with Crippen LogP contribution in [0.3, 0.4) is 0 Å². The molecule has 1 rings (SSSR count). The zero-order valence-electron chi connectivity index (χ0n) is 11.5. The van der Waals surface area contributed by atoms with E-state index in [1.165, 1.54) is 11.0 Å². The third-order valence-electron chi connectivity index (χ3n) is 3.07. The Morgan fingerprint density at radius 2 is 2.30 bits per heavy atom. The van der Waals surface area contributed by atoms with Crippen LogP contribution in [0.15, 0.2) is 12.7 Å². The average molecular weight is 283 g/mol. The average Bonchev–Trinajstić information content (AvgIpc) is 2.82. The van der Waals surface area contributed by atoms with Crippen molar-refractivity contribution in [3.63, 3.8) is 0 Å². The molecule has 0 aromatic rings. The summed E-state index contributed by atoms with van der Waals surface area (Å²) in [5.74, 6) is -0.540. The van der Waals surface area contributed by atoms with Crippen LogP contribution < -0.4 is 11.1 Å². The van der Waals surface area contributed by atoms with E-state index in [-0.39, 0.29) is 12.5 Å². The van der Waals surface area contributed by atoms with E-state index in [1.807, 2.05) is 0 Å². The largest absolute Gasteiger partial charge is 0.445 e. The highest BCUT2D eigenvalue weighted by atomic mass is 16.5. The molecule has 112 valence electrons. The Morgan fingerprint density at radius 1 is 1.55 bits per heavy atom. The highest BCUT2D eigenvalue weighted by Gasteiger charge is 2.30. The van der Waals surface area contributed by atoms with Crippen molar-refractivity contribution in [3.05, 3.63) is 12.7 Å². The van der Waals surface area contributed by atoms with Gasteiger partial charge in [0.05, 0.1) is 0 Å².